The van der Waals surface area contributed by atoms with Crippen LogP contribution < -0.4 is 9.47 Å². The van der Waals surface area contributed by atoms with Gasteiger partial charge in [-0.05, 0) is 34.1 Å². The van der Waals surface area contributed by atoms with Crippen molar-refractivity contribution >= 4 is 156 Å². The number of phenols is 1. The molecule has 0 radical (unpaired) electrons. The Labute approximate surface area is 380 Å². The summed E-state index contributed by atoms with van der Waals surface area (Å²) in [6.45, 7) is 12.9. The van der Waals surface area contributed by atoms with Crippen LogP contribution in [0, 0.1) is 17.5 Å². The Morgan fingerprint density at radius 2 is 0.887 bits per heavy atom. The molecule has 53 heavy (non-hydrogen) atoms. The van der Waals surface area contributed by atoms with Crippen LogP contribution in [-0.2, 0) is 0 Å². The second-order valence-electron chi connectivity index (χ2n) is 11.7. The summed E-state index contributed by atoms with van der Waals surface area (Å²) in [6.07, 6.45) is 0. The fourth-order valence-corrected chi connectivity index (χ4v) is 19.1. The van der Waals surface area contributed by atoms with Crippen molar-refractivity contribution < 1.29 is 27.8 Å². The fraction of sp³-hybridized carbons (Fsp3) is 0.486. The number of benzene rings is 3. The van der Waals surface area contributed by atoms with E-state index in [9.17, 15) is 13.2 Å². The maximum atomic E-state index is 13.2. The summed E-state index contributed by atoms with van der Waals surface area (Å²) in [5.41, 5.74) is 1.24. The molecule has 3 rings (SSSR count). The van der Waals surface area contributed by atoms with Gasteiger partial charge in [0.05, 0.1) is 9.26 Å². The van der Waals surface area contributed by atoms with Crippen LogP contribution in [0.1, 0.15) is 41.5 Å². The quantitative estimate of drug-likeness (QED) is 0.129. The van der Waals surface area contributed by atoms with Crippen molar-refractivity contribution in [1.29, 1.82) is 0 Å². The van der Waals surface area contributed by atoms with Crippen molar-refractivity contribution in [3.8, 4) is 17.2 Å². The van der Waals surface area contributed by atoms with Crippen LogP contribution in [0.3, 0.4) is 0 Å². The van der Waals surface area contributed by atoms with Crippen LogP contribution in [0.2, 0.25) is 31.5 Å². The zero-order valence-electron chi connectivity index (χ0n) is 30.8. The standard InChI is InChI=1S/C18H20Br2F2GeO2.C6H4BrFO.C6H14Cl2Ge.C4H10Cl2Ge.CH2BrCl/c1-3-23(4-2,11-24-17-7-5-13(21)9-15(17)19)12-25-18-8-6-14(22)10-16(18)20;7-5-3-4(8)1-2-6(5)9;1-3-9(4-2,5-7)6-8;1-3-7(5,6)4-2;2-1-3/h5-10H,3-4,11-12H2,1-2H3;1-3,9H;3-6H2,1-2H3;3-4H2,1-2H3;1H2. The number of phenolic OH excluding ortho intramolecular Hbond substituents is 1. The normalized spacial score (nSPS) is 11.0. The van der Waals surface area contributed by atoms with Gasteiger partial charge in [-0.25, -0.2) is 4.39 Å². The molecule has 0 saturated carbocycles. The minimum atomic E-state index is -2.43. The van der Waals surface area contributed by atoms with Crippen LogP contribution >= 0.6 is 119 Å². The van der Waals surface area contributed by atoms with Gasteiger partial charge in [-0.15, -0.1) is 11.6 Å². The van der Waals surface area contributed by atoms with Crippen molar-refractivity contribution in [2.45, 2.75) is 73.1 Å². The first-order chi connectivity index (χ1) is 24.9. The molecule has 0 atom stereocenters. The number of halogens is 12. The van der Waals surface area contributed by atoms with E-state index in [1.165, 1.54) is 53.0 Å². The molecule has 0 aliphatic carbocycles. The molecular weight excluding hydrogens is 1240 g/mol. The van der Waals surface area contributed by atoms with Crippen molar-refractivity contribution in [2.75, 3.05) is 25.1 Å². The molecule has 18 heteroatoms. The molecule has 3 nitrogen and oxygen atoms in total. The summed E-state index contributed by atoms with van der Waals surface area (Å²) < 4.78 is 53.9. The molecule has 1 N–H and O–H groups in total. The first-order valence-corrected chi connectivity index (χ1v) is 42.2. The zero-order chi connectivity index (χ0) is 41.3. The van der Waals surface area contributed by atoms with E-state index in [0.29, 0.717) is 40.6 Å². The van der Waals surface area contributed by atoms with Gasteiger partial charge in [0.15, 0.2) is 0 Å². The maximum Gasteiger partial charge on any atom is 0.129 e. The smallest absolute Gasteiger partial charge is 0.129 e. The molecule has 3 aromatic carbocycles. The van der Waals surface area contributed by atoms with Crippen molar-refractivity contribution in [2.24, 2.45) is 0 Å². The number of hydrogen-bond acceptors (Lipinski definition) is 3. The fourth-order valence-electron chi connectivity index (χ4n) is 3.74. The number of rotatable bonds is 14. The third-order valence-corrected chi connectivity index (χ3v) is 44.2. The zero-order valence-corrected chi connectivity index (χ0v) is 47.2. The van der Waals surface area contributed by atoms with Crippen molar-refractivity contribution in [3.05, 3.63) is 85.5 Å². The predicted molar refractivity (Wildman–Crippen MR) is 248 cm³/mol. The van der Waals surface area contributed by atoms with E-state index in [2.05, 4.69) is 105 Å². The van der Waals surface area contributed by atoms with Gasteiger partial charge in [-0.1, -0.05) is 15.9 Å². The van der Waals surface area contributed by atoms with Crippen LogP contribution in [-0.4, -0.2) is 68.1 Å². The first kappa shape index (κ1) is 56.9. The average molecular weight is 1290 g/mol. The largest absolute Gasteiger partial charge is 0.507 e. The van der Waals surface area contributed by atoms with Gasteiger partial charge in [0.1, 0.15) is 11.6 Å². The van der Waals surface area contributed by atoms with Gasteiger partial charge in [-0.3, -0.25) is 0 Å². The Morgan fingerprint density at radius 3 is 1.09 bits per heavy atom. The number of aromatic hydroxyl groups is 1. The number of alkyl halides is 4. The van der Waals surface area contributed by atoms with E-state index in [-0.39, 0.29) is 23.2 Å². The van der Waals surface area contributed by atoms with Crippen LogP contribution in [0.5, 0.6) is 17.2 Å². The molecule has 0 saturated heterocycles. The Balaban J connectivity index is 0. The molecule has 0 heterocycles. The monoisotopic (exact) mass is 1290 g/mol. The van der Waals surface area contributed by atoms with Crippen LogP contribution in [0.25, 0.3) is 0 Å². The van der Waals surface area contributed by atoms with Crippen molar-refractivity contribution in [3.63, 3.8) is 0 Å². The minimum Gasteiger partial charge on any atom is -0.507 e. The summed E-state index contributed by atoms with van der Waals surface area (Å²) in [5.74, 6) is 0.364. The van der Waals surface area contributed by atoms with Crippen LogP contribution in [0.4, 0.5) is 13.2 Å². The van der Waals surface area contributed by atoms with Gasteiger partial charge < -0.3 is 5.11 Å². The molecule has 0 amide bonds. The van der Waals surface area contributed by atoms with Gasteiger partial charge in [0, 0.05) is 0 Å². The minimum absolute atomic E-state index is 0.0522. The van der Waals surface area contributed by atoms with Crippen molar-refractivity contribution in [1.82, 2.24) is 0 Å². The summed E-state index contributed by atoms with van der Waals surface area (Å²) in [7, 11) is 11.7. The Hall–Kier alpha value is 1.85. The molecule has 0 fully saturated rings. The van der Waals surface area contributed by atoms with E-state index in [1.54, 1.807) is 12.1 Å². The van der Waals surface area contributed by atoms with Gasteiger partial charge in [0.25, 0.3) is 0 Å². The third-order valence-electron chi connectivity index (χ3n) is 8.37. The van der Waals surface area contributed by atoms with E-state index in [4.69, 9.17) is 69.4 Å². The molecule has 0 aromatic heterocycles. The Bertz CT molecular complexity index is 1350. The molecule has 0 bridgehead atoms. The Morgan fingerprint density at radius 1 is 0.566 bits per heavy atom. The van der Waals surface area contributed by atoms with E-state index >= 15 is 0 Å². The van der Waals surface area contributed by atoms with Crippen LogP contribution in [0.15, 0.2) is 68.0 Å². The van der Waals surface area contributed by atoms with E-state index < -0.39 is 37.9 Å². The predicted octanol–water partition coefficient (Wildman–Crippen LogP) is 16.4. The maximum absolute atomic E-state index is 13.2. The number of ether oxygens (including phenoxy) is 2. The first-order valence-electron chi connectivity index (χ1n) is 16.8. The van der Waals surface area contributed by atoms with Gasteiger partial charge >= 0.3 is 293 Å². The summed E-state index contributed by atoms with van der Waals surface area (Å²) in [6, 6.07) is 12.5. The molecular formula is C35H50Br4Cl5F3Ge3O3. The second kappa shape index (κ2) is 31.7. The van der Waals surface area contributed by atoms with Gasteiger partial charge in [-0.2, -0.15) is 0 Å². The molecule has 0 aliphatic rings. The molecule has 0 aliphatic heterocycles. The SMILES string of the molecule is C[CH2][Ge]([CH2]C)([CH2]Cl)[CH2]Cl.C[CH2][Ge]([CH2]C)([CH2]Oc1ccc(F)cc1Br)[CH2]Oc1ccc(F)cc1Br.C[CH2][Ge]([Cl])([Cl])[CH2]C.ClCBr.Oc1ccc(F)cc1Br. The molecule has 0 unspecified atom stereocenters. The number of hydrogen-bond donors (Lipinski definition) is 1. The molecule has 0 spiro atoms. The van der Waals surface area contributed by atoms with E-state index in [0.717, 1.165) is 30.4 Å². The van der Waals surface area contributed by atoms with Gasteiger partial charge in [0.2, 0.25) is 0 Å². The topological polar surface area (TPSA) is 38.7 Å². The summed E-state index contributed by atoms with van der Waals surface area (Å²) in [5, 5.41) is 15.5. The Kier molecular flexibility index (Phi) is 34.1. The average Bonchev–Trinajstić information content (AvgIpc) is 3.14. The molecule has 304 valence electrons. The molecule has 3 aromatic rings. The summed E-state index contributed by atoms with van der Waals surface area (Å²) >= 11 is 22.9. The summed E-state index contributed by atoms with van der Waals surface area (Å²) in [4.78, 5) is 0.535. The third kappa shape index (κ3) is 24.5. The second-order valence-corrected chi connectivity index (χ2v) is 54.4. The van der Waals surface area contributed by atoms with E-state index in [1.807, 2.05) is 0 Å².